The molecule has 3 heterocycles. The van der Waals surface area contributed by atoms with E-state index in [1.165, 1.54) is 15.8 Å². The van der Waals surface area contributed by atoms with Gasteiger partial charge in [-0.25, -0.2) is 9.26 Å². The number of nitrogens with zero attached hydrogens (tertiary/aromatic N) is 5. The van der Waals surface area contributed by atoms with Crippen LogP contribution in [0.5, 0.6) is 0 Å². The van der Waals surface area contributed by atoms with E-state index in [0.717, 1.165) is 25.9 Å². The molecule has 1 aliphatic rings. The first-order valence-corrected chi connectivity index (χ1v) is 11.5. The Hall–Kier alpha value is -3.29. The van der Waals surface area contributed by atoms with Crippen LogP contribution in [-0.4, -0.2) is 43.4 Å². The van der Waals surface area contributed by atoms with Crippen LogP contribution in [0.4, 0.5) is 0 Å². The van der Waals surface area contributed by atoms with Crippen LogP contribution in [0, 0.1) is 5.41 Å². The summed E-state index contributed by atoms with van der Waals surface area (Å²) in [5, 5.41) is 19.9. The average Bonchev–Trinajstić information content (AvgIpc) is 2.83. The van der Waals surface area contributed by atoms with Crippen molar-refractivity contribution in [3.8, 4) is 11.4 Å². The summed E-state index contributed by atoms with van der Waals surface area (Å²) in [6.45, 7) is 1.87. The zero-order valence-corrected chi connectivity index (χ0v) is 19.2. The molecule has 2 aromatic carbocycles. The Morgan fingerprint density at radius 2 is 1.45 bits per heavy atom. The summed E-state index contributed by atoms with van der Waals surface area (Å²) >= 11 is 12.1. The fourth-order valence-electron chi connectivity index (χ4n) is 4.05. The largest absolute Gasteiger partial charge is 0.283 e. The van der Waals surface area contributed by atoms with Gasteiger partial charge in [0.1, 0.15) is 13.1 Å². The van der Waals surface area contributed by atoms with Gasteiger partial charge in [-0.1, -0.05) is 23.2 Å². The van der Waals surface area contributed by atoms with Crippen LogP contribution < -0.4 is 11.0 Å². The molecule has 0 saturated carbocycles. The van der Waals surface area contributed by atoms with E-state index in [4.69, 9.17) is 33.7 Å². The minimum absolute atomic E-state index is 0.0155. The third-order valence-electron chi connectivity index (χ3n) is 5.75. The van der Waals surface area contributed by atoms with Crippen molar-refractivity contribution in [3.05, 3.63) is 86.3 Å². The van der Waals surface area contributed by atoms with Crippen LogP contribution in [0.3, 0.4) is 0 Å². The molecule has 2 aromatic heterocycles. The lowest BCUT2D eigenvalue weighted by molar-refractivity contribution is -0.532. The van der Waals surface area contributed by atoms with E-state index in [1.54, 1.807) is 54.7 Å². The van der Waals surface area contributed by atoms with Gasteiger partial charge in [0.05, 0.1) is 23.0 Å². The van der Waals surface area contributed by atoms with Gasteiger partial charge in [-0.15, -0.1) is 0 Å². The second-order valence-electron chi connectivity index (χ2n) is 7.97. The topological polar surface area (TPSA) is 79.6 Å². The maximum atomic E-state index is 13.6. The fourth-order valence-corrected chi connectivity index (χ4v) is 4.30. The fraction of sp³-hybridized carbons (Fsp3) is 0.208. The molecule has 0 aliphatic carbocycles. The van der Waals surface area contributed by atoms with E-state index in [2.05, 4.69) is 9.67 Å². The average molecular weight is 480 g/mol. The van der Waals surface area contributed by atoms with Crippen molar-refractivity contribution in [2.45, 2.75) is 19.3 Å². The van der Waals surface area contributed by atoms with E-state index in [1.807, 2.05) is 6.21 Å². The molecule has 1 aliphatic heterocycles. The molecular weight excluding hydrogens is 459 g/mol. The van der Waals surface area contributed by atoms with Gasteiger partial charge in [-0.3, -0.25) is 10.2 Å². The first kappa shape index (κ1) is 21.6. The van der Waals surface area contributed by atoms with Crippen molar-refractivity contribution in [3.63, 3.8) is 0 Å². The zero-order chi connectivity index (χ0) is 22.9. The van der Waals surface area contributed by atoms with Gasteiger partial charge < -0.3 is 0 Å². The van der Waals surface area contributed by atoms with E-state index in [-0.39, 0.29) is 10.9 Å². The molecule has 1 fully saturated rings. The third kappa shape index (κ3) is 4.21. The SMILES string of the molecule is N=c1c2c(=O)n(-c3ccc(Cl)cc3)ncc2c(C=[N+]2CCCCC2)nn1-c1ccc(Cl)cc1. The summed E-state index contributed by atoms with van der Waals surface area (Å²) in [5.41, 5.74) is 1.41. The van der Waals surface area contributed by atoms with E-state index < -0.39 is 5.56 Å². The first-order valence-electron chi connectivity index (χ1n) is 10.7. The van der Waals surface area contributed by atoms with Crippen molar-refractivity contribution < 1.29 is 4.58 Å². The Kier molecular flexibility index (Phi) is 5.83. The maximum Gasteiger partial charge on any atom is 0.283 e. The number of nitrogens with one attached hydrogen (secondary N) is 1. The highest BCUT2D eigenvalue weighted by molar-refractivity contribution is 6.30. The zero-order valence-electron chi connectivity index (χ0n) is 17.7. The number of fused-ring (bicyclic) bond motifs is 1. The van der Waals surface area contributed by atoms with E-state index in [9.17, 15) is 4.79 Å². The third-order valence-corrected chi connectivity index (χ3v) is 6.25. The minimum Gasteiger partial charge on any atom is -0.282 e. The van der Waals surface area contributed by atoms with Crippen LogP contribution in [-0.2, 0) is 0 Å². The molecule has 166 valence electrons. The standard InChI is InChI=1S/C24H21Cl2N6O/c25-16-4-8-18(9-5-16)31-23(27)22-20(21(29-31)15-30-12-2-1-3-13-30)14-28-32(24(22)33)19-10-6-17(26)7-11-19/h4-11,14-15,27H,1-3,12-13H2/q+1. The van der Waals surface area contributed by atoms with Gasteiger partial charge in [0, 0.05) is 28.3 Å². The molecule has 0 radical (unpaired) electrons. The van der Waals surface area contributed by atoms with Crippen LogP contribution in [0.2, 0.25) is 10.0 Å². The van der Waals surface area contributed by atoms with Gasteiger partial charge in [0.25, 0.3) is 5.56 Å². The highest BCUT2D eigenvalue weighted by atomic mass is 35.5. The molecule has 33 heavy (non-hydrogen) atoms. The Labute approximate surface area is 199 Å². The number of piperidine rings is 1. The van der Waals surface area contributed by atoms with Crippen molar-refractivity contribution in [2.24, 2.45) is 0 Å². The molecule has 0 spiro atoms. The summed E-state index contributed by atoms with van der Waals surface area (Å²) in [5.74, 6) is 0. The van der Waals surface area contributed by atoms with Gasteiger partial charge >= 0.3 is 0 Å². The minimum atomic E-state index is -0.391. The van der Waals surface area contributed by atoms with Gasteiger partial charge in [-0.05, 0) is 55.0 Å². The molecule has 1 N–H and O–H groups in total. The summed E-state index contributed by atoms with van der Waals surface area (Å²) < 4.78 is 4.97. The molecule has 0 bridgehead atoms. The Morgan fingerprint density at radius 3 is 2.06 bits per heavy atom. The van der Waals surface area contributed by atoms with Crippen LogP contribution in [0.25, 0.3) is 22.1 Å². The monoisotopic (exact) mass is 479 g/mol. The maximum absolute atomic E-state index is 13.6. The van der Waals surface area contributed by atoms with Crippen molar-refractivity contribution in [1.82, 2.24) is 19.6 Å². The Morgan fingerprint density at radius 1 is 0.879 bits per heavy atom. The molecular formula is C24H21Cl2N6O+. The number of halogens is 2. The molecule has 7 nitrogen and oxygen atoms in total. The molecule has 5 rings (SSSR count). The van der Waals surface area contributed by atoms with Crippen molar-refractivity contribution in [1.29, 1.82) is 5.41 Å². The van der Waals surface area contributed by atoms with Crippen LogP contribution >= 0.6 is 23.2 Å². The molecule has 0 amide bonds. The van der Waals surface area contributed by atoms with Crippen LogP contribution in [0.15, 0.2) is 59.5 Å². The Balaban J connectivity index is 1.80. The summed E-state index contributed by atoms with van der Waals surface area (Å²) in [6.07, 6.45) is 7.02. The first-order chi connectivity index (χ1) is 16.0. The highest BCUT2D eigenvalue weighted by Gasteiger charge is 2.19. The van der Waals surface area contributed by atoms with Crippen molar-refractivity contribution in [2.75, 3.05) is 13.1 Å². The quantitative estimate of drug-likeness (QED) is 0.451. The smallest absolute Gasteiger partial charge is 0.282 e. The second kappa shape index (κ2) is 8.92. The van der Waals surface area contributed by atoms with E-state index in [0.29, 0.717) is 32.5 Å². The molecule has 4 aromatic rings. The molecule has 0 atom stereocenters. The molecule has 0 unspecified atom stereocenters. The molecule has 1 saturated heterocycles. The lowest BCUT2D eigenvalue weighted by Crippen LogP contribution is -2.32. The van der Waals surface area contributed by atoms with Crippen molar-refractivity contribution >= 4 is 40.2 Å². The van der Waals surface area contributed by atoms with Gasteiger partial charge in [-0.2, -0.15) is 14.9 Å². The van der Waals surface area contributed by atoms with Gasteiger partial charge in [0.15, 0.2) is 17.4 Å². The lowest BCUT2D eigenvalue weighted by Gasteiger charge is -2.13. The second-order valence-corrected chi connectivity index (χ2v) is 8.85. The van der Waals surface area contributed by atoms with Gasteiger partial charge in [0.2, 0.25) is 0 Å². The Bertz CT molecular complexity index is 1470. The van der Waals surface area contributed by atoms with Crippen LogP contribution in [0.1, 0.15) is 25.0 Å². The predicted molar refractivity (Wildman–Crippen MR) is 129 cm³/mol. The summed E-state index contributed by atoms with van der Waals surface area (Å²) in [6, 6.07) is 13.9. The number of rotatable bonds is 3. The number of aromatic nitrogens is 4. The summed E-state index contributed by atoms with van der Waals surface area (Å²) in [7, 11) is 0. The lowest BCUT2D eigenvalue weighted by atomic mass is 10.1. The summed E-state index contributed by atoms with van der Waals surface area (Å²) in [4.78, 5) is 13.6. The number of benzene rings is 2. The number of hydrogen-bond donors (Lipinski definition) is 1. The normalized spacial score (nSPS) is 13.9. The highest BCUT2D eigenvalue weighted by Crippen LogP contribution is 2.16. The predicted octanol–water partition coefficient (Wildman–Crippen LogP) is 3.97. The molecule has 9 heteroatoms. The van der Waals surface area contributed by atoms with E-state index >= 15 is 0 Å². The number of hydrogen-bond acceptors (Lipinski definition) is 4.